The third-order valence-corrected chi connectivity index (χ3v) is 2.61. The molecule has 0 spiro atoms. The molecule has 0 fully saturated rings. The van der Waals surface area contributed by atoms with Crippen LogP contribution in [-0.4, -0.2) is 23.9 Å². The second-order valence-electron chi connectivity index (χ2n) is 4.08. The standard InChI is InChI=1S/C13H16N2O2/c1-9-4-5-11(10(2)8-9)13-14-12(15-17-13)6-7-16-3/h4-5,8H,6-7H2,1-3H3. The van der Waals surface area contributed by atoms with Crippen LogP contribution in [-0.2, 0) is 11.2 Å². The predicted octanol–water partition coefficient (Wildman–Crippen LogP) is 2.54. The zero-order chi connectivity index (χ0) is 12.3. The number of benzene rings is 1. The van der Waals surface area contributed by atoms with Crippen molar-refractivity contribution in [3.05, 3.63) is 35.2 Å². The van der Waals surface area contributed by atoms with Crippen molar-refractivity contribution in [1.29, 1.82) is 0 Å². The highest BCUT2D eigenvalue weighted by Crippen LogP contribution is 2.22. The summed E-state index contributed by atoms with van der Waals surface area (Å²) in [4.78, 5) is 4.35. The molecule has 0 aliphatic rings. The number of rotatable bonds is 4. The lowest BCUT2D eigenvalue weighted by molar-refractivity contribution is 0.199. The molecule has 1 aromatic heterocycles. The molecule has 4 nitrogen and oxygen atoms in total. The monoisotopic (exact) mass is 232 g/mol. The van der Waals surface area contributed by atoms with Gasteiger partial charge in [0.05, 0.1) is 6.61 Å². The maximum atomic E-state index is 5.25. The molecule has 4 heteroatoms. The van der Waals surface area contributed by atoms with Crippen LogP contribution in [0.2, 0.25) is 0 Å². The van der Waals surface area contributed by atoms with Crippen LogP contribution in [0.4, 0.5) is 0 Å². The Hall–Kier alpha value is -1.68. The van der Waals surface area contributed by atoms with Crippen molar-refractivity contribution < 1.29 is 9.26 Å². The Morgan fingerprint density at radius 3 is 2.82 bits per heavy atom. The van der Waals surface area contributed by atoms with Crippen molar-refractivity contribution >= 4 is 0 Å². The molecule has 0 aliphatic heterocycles. The largest absolute Gasteiger partial charge is 0.384 e. The molecule has 17 heavy (non-hydrogen) atoms. The van der Waals surface area contributed by atoms with Gasteiger partial charge in [0.2, 0.25) is 0 Å². The minimum Gasteiger partial charge on any atom is -0.384 e. The molecule has 1 heterocycles. The minimum atomic E-state index is 0.577. The summed E-state index contributed by atoms with van der Waals surface area (Å²) in [6.45, 7) is 4.71. The summed E-state index contributed by atoms with van der Waals surface area (Å²) in [6.07, 6.45) is 0.672. The average molecular weight is 232 g/mol. The van der Waals surface area contributed by atoms with Crippen LogP contribution in [0.5, 0.6) is 0 Å². The van der Waals surface area contributed by atoms with Crippen LogP contribution in [0.1, 0.15) is 17.0 Å². The van der Waals surface area contributed by atoms with E-state index in [-0.39, 0.29) is 0 Å². The Morgan fingerprint density at radius 2 is 2.12 bits per heavy atom. The summed E-state index contributed by atoms with van der Waals surface area (Å²) < 4.78 is 10.2. The molecule has 0 aliphatic carbocycles. The maximum Gasteiger partial charge on any atom is 0.258 e. The molecular formula is C13H16N2O2. The summed E-state index contributed by atoms with van der Waals surface area (Å²) in [5, 5.41) is 3.93. The van der Waals surface area contributed by atoms with Crippen LogP contribution in [0, 0.1) is 13.8 Å². The van der Waals surface area contributed by atoms with E-state index in [1.54, 1.807) is 7.11 Å². The van der Waals surface area contributed by atoms with E-state index < -0.39 is 0 Å². The van der Waals surface area contributed by atoms with Gasteiger partial charge < -0.3 is 9.26 Å². The van der Waals surface area contributed by atoms with Crippen molar-refractivity contribution in [3.63, 3.8) is 0 Å². The summed E-state index contributed by atoms with van der Waals surface area (Å²) in [5.41, 5.74) is 3.36. The van der Waals surface area contributed by atoms with Gasteiger partial charge in [0.1, 0.15) is 0 Å². The molecule has 0 N–H and O–H groups in total. The molecule has 0 saturated heterocycles. The van der Waals surface area contributed by atoms with E-state index in [0.29, 0.717) is 24.7 Å². The molecule has 0 unspecified atom stereocenters. The van der Waals surface area contributed by atoms with Crippen molar-refractivity contribution in [1.82, 2.24) is 10.1 Å². The number of methoxy groups -OCH3 is 1. The SMILES string of the molecule is COCCc1noc(-c2ccc(C)cc2C)n1. The second-order valence-corrected chi connectivity index (χ2v) is 4.08. The van der Waals surface area contributed by atoms with E-state index in [4.69, 9.17) is 9.26 Å². The molecule has 90 valence electrons. The van der Waals surface area contributed by atoms with E-state index in [1.807, 2.05) is 19.1 Å². The lowest BCUT2D eigenvalue weighted by atomic mass is 10.1. The van der Waals surface area contributed by atoms with Gasteiger partial charge in [-0.15, -0.1) is 0 Å². The number of hydrogen-bond acceptors (Lipinski definition) is 4. The van der Waals surface area contributed by atoms with Gasteiger partial charge >= 0.3 is 0 Å². The van der Waals surface area contributed by atoms with Gasteiger partial charge in [-0.25, -0.2) is 0 Å². The van der Waals surface area contributed by atoms with Gasteiger partial charge in [-0.3, -0.25) is 0 Å². The molecule has 0 radical (unpaired) electrons. The lowest BCUT2D eigenvalue weighted by Gasteiger charge is -2.01. The summed E-state index contributed by atoms with van der Waals surface area (Å²) >= 11 is 0. The first-order valence-corrected chi connectivity index (χ1v) is 5.60. The Morgan fingerprint density at radius 1 is 1.29 bits per heavy atom. The van der Waals surface area contributed by atoms with Gasteiger partial charge in [-0.05, 0) is 25.5 Å². The number of aromatic nitrogens is 2. The Bertz CT molecular complexity index is 506. The van der Waals surface area contributed by atoms with E-state index >= 15 is 0 Å². The predicted molar refractivity (Wildman–Crippen MR) is 64.8 cm³/mol. The van der Waals surface area contributed by atoms with Crippen LogP contribution < -0.4 is 0 Å². The normalized spacial score (nSPS) is 10.8. The van der Waals surface area contributed by atoms with Crippen LogP contribution in [0.25, 0.3) is 11.5 Å². The number of aryl methyl sites for hydroxylation is 2. The fourth-order valence-corrected chi connectivity index (χ4v) is 1.71. The van der Waals surface area contributed by atoms with Gasteiger partial charge in [-0.2, -0.15) is 4.98 Å². The lowest BCUT2D eigenvalue weighted by Crippen LogP contribution is -1.96. The Labute approximate surface area is 101 Å². The van der Waals surface area contributed by atoms with Crippen molar-refractivity contribution in [2.24, 2.45) is 0 Å². The first-order chi connectivity index (χ1) is 8.20. The van der Waals surface area contributed by atoms with Crippen molar-refractivity contribution in [2.45, 2.75) is 20.3 Å². The minimum absolute atomic E-state index is 0.577. The van der Waals surface area contributed by atoms with Gasteiger partial charge in [0.15, 0.2) is 5.82 Å². The van der Waals surface area contributed by atoms with Crippen LogP contribution in [0.3, 0.4) is 0 Å². The zero-order valence-electron chi connectivity index (χ0n) is 10.4. The highest BCUT2D eigenvalue weighted by atomic mass is 16.5. The smallest absolute Gasteiger partial charge is 0.258 e. The second kappa shape index (κ2) is 5.10. The van der Waals surface area contributed by atoms with Crippen LogP contribution >= 0.6 is 0 Å². The van der Waals surface area contributed by atoms with Gasteiger partial charge in [0, 0.05) is 19.1 Å². The highest BCUT2D eigenvalue weighted by molar-refractivity contribution is 5.58. The molecule has 2 aromatic rings. The molecule has 1 aromatic carbocycles. The van der Waals surface area contributed by atoms with E-state index in [1.165, 1.54) is 5.56 Å². The summed E-state index contributed by atoms with van der Waals surface area (Å²) in [6, 6.07) is 6.16. The fourth-order valence-electron chi connectivity index (χ4n) is 1.71. The maximum absolute atomic E-state index is 5.25. The number of ether oxygens (including phenoxy) is 1. The van der Waals surface area contributed by atoms with Crippen molar-refractivity contribution in [3.8, 4) is 11.5 Å². The fraction of sp³-hybridized carbons (Fsp3) is 0.385. The van der Waals surface area contributed by atoms with Crippen LogP contribution in [0.15, 0.2) is 22.7 Å². The van der Waals surface area contributed by atoms with E-state index in [0.717, 1.165) is 11.1 Å². The van der Waals surface area contributed by atoms with E-state index in [9.17, 15) is 0 Å². The summed E-state index contributed by atoms with van der Waals surface area (Å²) in [7, 11) is 1.66. The van der Waals surface area contributed by atoms with Crippen molar-refractivity contribution in [2.75, 3.05) is 13.7 Å². The Balaban J connectivity index is 2.24. The molecular weight excluding hydrogens is 216 g/mol. The molecule has 0 atom stereocenters. The van der Waals surface area contributed by atoms with Gasteiger partial charge in [-0.1, -0.05) is 22.9 Å². The third-order valence-electron chi connectivity index (χ3n) is 2.61. The topological polar surface area (TPSA) is 48.2 Å². The zero-order valence-corrected chi connectivity index (χ0v) is 10.4. The number of nitrogens with zero attached hydrogens (tertiary/aromatic N) is 2. The summed E-state index contributed by atoms with van der Waals surface area (Å²) in [5.74, 6) is 1.26. The first kappa shape index (κ1) is 11.8. The van der Waals surface area contributed by atoms with Gasteiger partial charge in [0.25, 0.3) is 5.89 Å². The molecule has 0 saturated carbocycles. The average Bonchev–Trinajstić information content (AvgIpc) is 2.75. The molecule has 2 rings (SSSR count). The Kier molecular flexibility index (Phi) is 3.54. The molecule has 0 bridgehead atoms. The molecule has 0 amide bonds. The first-order valence-electron chi connectivity index (χ1n) is 5.60. The third kappa shape index (κ3) is 2.71. The van der Waals surface area contributed by atoms with E-state index in [2.05, 4.69) is 23.1 Å². The number of hydrogen-bond donors (Lipinski definition) is 0. The quantitative estimate of drug-likeness (QED) is 0.812. The highest BCUT2D eigenvalue weighted by Gasteiger charge is 2.10.